The maximum absolute atomic E-state index is 11.9. The smallest absolute Gasteiger partial charge is 0.410 e. The van der Waals surface area contributed by atoms with Crippen LogP contribution in [0.5, 0.6) is 0 Å². The average Bonchev–Trinajstić information content (AvgIpc) is 2.45. The molecular weight excluding hydrogens is 190 g/mol. The molecule has 2 rings (SSSR count). The molecule has 0 radical (unpaired) electrons. The van der Waals surface area contributed by atoms with Crippen molar-refractivity contribution in [2.75, 3.05) is 6.61 Å². The van der Waals surface area contributed by atoms with Crippen LogP contribution in [0.25, 0.3) is 0 Å². The van der Waals surface area contributed by atoms with E-state index >= 15 is 0 Å². The second-order valence-electron chi connectivity index (χ2n) is 5.19. The van der Waals surface area contributed by atoms with Crippen LogP contribution in [-0.2, 0) is 4.74 Å². The normalized spacial score (nSPS) is 29.7. The van der Waals surface area contributed by atoms with Crippen LogP contribution in [-0.4, -0.2) is 29.7 Å². The third-order valence-corrected chi connectivity index (χ3v) is 3.45. The van der Waals surface area contributed by atoms with Crippen molar-refractivity contribution in [1.82, 2.24) is 4.90 Å². The Kier molecular flexibility index (Phi) is 3.17. The number of ether oxygens (including phenoxy) is 1. The van der Waals surface area contributed by atoms with Gasteiger partial charge in [0.2, 0.25) is 0 Å². The third kappa shape index (κ3) is 2.27. The van der Waals surface area contributed by atoms with E-state index in [9.17, 15) is 4.79 Å². The first-order valence-corrected chi connectivity index (χ1v) is 6.13. The first-order chi connectivity index (χ1) is 7.18. The van der Waals surface area contributed by atoms with Crippen LogP contribution < -0.4 is 0 Å². The topological polar surface area (TPSA) is 29.5 Å². The Hall–Kier alpha value is -0.730. The average molecular weight is 211 g/mol. The van der Waals surface area contributed by atoms with E-state index in [4.69, 9.17) is 4.74 Å². The number of hydrogen-bond acceptors (Lipinski definition) is 2. The molecule has 0 spiro atoms. The van der Waals surface area contributed by atoms with E-state index in [1.54, 1.807) is 0 Å². The maximum atomic E-state index is 11.9. The second-order valence-corrected chi connectivity index (χ2v) is 5.19. The molecule has 2 heterocycles. The Morgan fingerprint density at radius 3 is 2.40 bits per heavy atom. The number of amides is 1. The molecule has 0 aliphatic carbocycles. The zero-order valence-electron chi connectivity index (χ0n) is 9.74. The molecule has 2 bridgehead atoms. The fraction of sp³-hybridized carbons (Fsp3) is 0.917. The Morgan fingerprint density at radius 2 is 1.87 bits per heavy atom. The zero-order chi connectivity index (χ0) is 10.8. The summed E-state index contributed by atoms with van der Waals surface area (Å²) in [6.07, 6.45) is 5.92. The van der Waals surface area contributed by atoms with Crippen LogP contribution in [0.3, 0.4) is 0 Å². The lowest BCUT2D eigenvalue weighted by molar-refractivity contribution is 0.0624. The summed E-state index contributed by atoms with van der Waals surface area (Å²) in [4.78, 5) is 13.9. The number of carbonyl (C=O) groups excluding carboxylic acids is 1. The number of carbonyl (C=O) groups is 1. The molecule has 2 saturated heterocycles. The Morgan fingerprint density at radius 1 is 1.27 bits per heavy atom. The van der Waals surface area contributed by atoms with Crippen LogP contribution in [0, 0.1) is 5.92 Å². The van der Waals surface area contributed by atoms with Crippen LogP contribution in [0.4, 0.5) is 4.79 Å². The van der Waals surface area contributed by atoms with Gasteiger partial charge in [0.25, 0.3) is 0 Å². The molecule has 86 valence electrons. The van der Waals surface area contributed by atoms with Gasteiger partial charge in [-0.15, -0.1) is 0 Å². The molecule has 2 fully saturated rings. The molecule has 15 heavy (non-hydrogen) atoms. The lowest BCUT2D eigenvalue weighted by Gasteiger charge is -2.33. The van der Waals surface area contributed by atoms with E-state index in [-0.39, 0.29) is 6.09 Å². The van der Waals surface area contributed by atoms with Gasteiger partial charge in [0.05, 0.1) is 6.61 Å². The monoisotopic (exact) mass is 211 g/mol. The molecule has 2 unspecified atom stereocenters. The predicted molar refractivity (Wildman–Crippen MR) is 58.7 cm³/mol. The standard InChI is InChI=1S/C12H21NO2/c1-9(2)8-15-12(14)13-10-4-3-5-11(13)7-6-10/h9-11H,3-8H2,1-2H3. The lowest BCUT2D eigenvalue weighted by Crippen LogP contribution is -2.44. The predicted octanol–water partition coefficient (Wildman–Crippen LogP) is 2.80. The first-order valence-electron chi connectivity index (χ1n) is 6.13. The highest BCUT2D eigenvalue weighted by molar-refractivity contribution is 5.69. The summed E-state index contributed by atoms with van der Waals surface area (Å²) in [7, 11) is 0. The van der Waals surface area contributed by atoms with Crippen molar-refractivity contribution in [2.45, 2.75) is 58.0 Å². The first kappa shape index (κ1) is 10.8. The minimum Gasteiger partial charge on any atom is -0.449 e. The van der Waals surface area contributed by atoms with Crippen molar-refractivity contribution >= 4 is 6.09 Å². The van der Waals surface area contributed by atoms with Gasteiger partial charge < -0.3 is 9.64 Å². The molecule has 0 N–H and O–H groups in total. The van der Waals surface area contributed by atoms with E-state index in [1.165, 1.54) is 32.1 Å². The fourth-order valence-electron chi connectivity index (χ4n) is 2.73. The van der Waals surface area contributed by atoms with Gasteiger partial charge >= 0.3 is 6.09 Å². The van der Waals surface area contributed by atoms with Crippen LogP contribution in [0.2, 0.25) is 0 Å². The van der Waals surface area contributed by atoms with E-state index in [2.05, 4.69) is 13.8 Å². The van der Waals surface area contributed by atoms with Gasteiger partial charge in [-0.2, -0.15) is 0 Å². The molecule has 3 nitrogen and oxygen atoms in total. The third-order valence-electron chi connectivity index (χ3n) is 3.45. The van der Waals surface area contributed by atoms with E-state index in [0.29, 0.717) is 24.6 Å². The number of nitrogens with zero attached hydrogens (tertiary/aromatic N) is 1. The minimum atomic E-state index is -0.0732. The molecule has 0 saturated carbocycles. The number of rotatable bonds is 2. The fourth-order valence-corrected chi connectivity index (χ4v) is 2.73. The highest BCUT2D eigenvalue weighted by Gasteiger charge is 2.40. The molecule has 3 heteroatoms. The van der Waals surface area contributed by atoms with Crippen molar-refractivity contribution in [1.29, 1.82) is 0 Å². The van der Waals surface area contributed by atoms with Gasteiger partial charge in [0.15, 0.2) is 0 Å². The van der Waals surface area contributed by atoms with Gasteiger partial charge in [-0.1, -0.05) is 13.8 Å². The van der Waals surface area contributed by atoms with Crippen molar-refractivity contribution in [3.63, 3.8) is 0 Å². The van der Waals surface area contributed by atoms with Crippen molar-refractivity contribution < 1.29 is 9.53 Å². The number of hydrogen-bond donors (Lipinski definition) is 0. The van der Waals surface area contributed by atoms with Crippen LogP contribution in [0.1, 0.15) is 46.0 Å². The summed E-state index contributed by atoms with van der Waals surface area (Å²) >= 11 is 0. The summed E-state index contributed by atoms with van der Waals surface area (Å²) in [5, 5.41) is 0. The lowest BCUT2D eigenvalue weighted by atomic mass is 10.0. The van der Waals surface area contributed by atoms with E-state index in [0.717, 1.165) is 0 Å². The highest BCUT2D eigenvalue weighted by atomic mass is 16.6. The number of piperidine rings is 1. The largest absolute Gasteiger partial charge is 0.449 e. The Balaban J connectivity index is 1.90. The minimum absolute atomic E-state index is 0.0732. The molecule has 1 amide bonds. The Bertz CT molecular complexity index is 224. The van der Waals surface area contributed by atoms with E-state index < -0.39 is 0 Å². The summed E-state index contributed by atoms with van der Waals surface area (Å²) < 4.78 is 5.31. The summed E-state index contributed by atoms with van der Waals surface area (Å²) in [5.41, 5.74) is 0. The van der Waals surface area contributed by atoms with E-state index in [1.807, 2.05) is 4.90 Å². The van der Waals surface area contributed by atoms with Crippen LogP contribution in [0.15, 0.2) is 0 Å². The quantitative estimate of drug-likeness (QED) is 0.703. The number of fused-ring (bicyclic) bond motifs is 2. The molecule has 2 aliphatic heterocycles. The SMILES string of the molecule is CC(C)COC(=O)N1C2CCCC1CC2. The Labute approximate surface area is 91.8 Å². The molecule has 0 aromatic heterocycles. The summed E-state index contributed by atoms with van der Waals surface area (Å²) in [6.45, 7) is 4.69. The molecule has 0 aromatic carbocycles. The second kappa shape index (κ2) is 4.42. The molecule has 0 aromatic rings. The molecular formula is C12H21NO2. The van der Waals surface area contributed by atoms with Gasteiger partial charge in [0.1, 0.15) is 0 Å². The van der Waals surface area contributed by atoms with Crippen LogP contribution >= 0.6 is 0 Å². The van der Waals surface area contributed by atoms with Gasteiger partial charge in [-0.05, 0) is 38.0 Å². The molecule has 2 atom stereocenters. The zero-order valence-corrected chi connectivity index (χ0v) is 9.74. The molecule has 2 aliphatic rings. The van der Waals surface area contributed by atoms with Crippen molar-refractivity contribution in [3.8, 4) is 0 Å². The van der Waals surface area contributed by atoms with Gasteiger partial charge in [0, 0.05) is 12.1 Å². The van der Waals surface area contributed by atoms with Gasteiger partial charge in [-0.3, -0.25) is 0 Å². The maximum Gasteiger partial charge on any atom is 0.410 e. The van der Waals surface area contributed by atoms with Crippen molar-refractivity contribution in [2.24, 2.45) is 5.92 Å². The van der Waals surface area contributed by atoms with Crippen molar-refractivity contribution in [3.05, 3.63) is 0 Å². The summed E-state index contributed by atoms with van der Waals surface area (Å²) in [6, 6.07) is 0.951. The summed E-state index contributed by atoms with van der Waals surface area (Å²) in [5.74, 6) is 0.427. The highest BCUT2D eigenvalue weighted by Crippen LogP contribution is 2.35. The van der Waals surface area contributed by atoms with Gasteiger partial charge in [-0.25, -0.2) is 4.79 Å².